The molecular formula is C28H24N4O8. The zero-order valence-corrected chi connectivity index (χ0v) is 21.9. The van der Waals surface area contributed by atoms with Crippen LogP contribution in [0.25, 0.3) is 11.3 Å². The molecule has 1 atom stereocenters. The Hall–Kier alpha value is -5.57. The van der Waals surface area contributed by atoms with Gasteiger partial charge in [-0.05, 0) is 42.0 Å². The van der Waals surface area contributed by atoms with Crippen molar-refractivity contribution in [3.8, 4) is 52.0 Å². The first-order valence-electron chi connectivity index (χ1n) is 11.8. The van der Waals surface area contributed by atoms with Crippen LogP contribution < -0.4 is 34.2 Å². The molecule has 0 amide bonds. The Morgan fingerprint density at radius 2 is 1.73 bits per heavy atom. The lowest BCUT2D eigenvalue weighted by atomic mass is 9.83. The second-order valence-electron chi connectivity index (χ2n) is 8.43. The second-order valence-corrected chi connectivity index (χ2v) is 8.43. The molecule has 3 heterocycles. The number of ether oxygens (including phenoxy) is 6. The maximum atomic E-state index is 12.5. The Labute approximate surface area is 228 Å². The van der Waals surface area contributed by atoms with Gasteiger partial charge in [0.25, 0.3) is 0 Å². The van der Waals surface area contributed by atoms with Gasteiger partial charge >= 0.3 is 5.97 Å². The summed E-state index contributed by atoms with van der Waals surface area (Å²) in [6.45, 7) is 0. The van der Waals surface area contributed by atoms with Gasteiger partial charge in [-0.1, -0.05) is 6.07 Å². The molecule has 0 radical (unpaired) electrons. The Bertz CT molecular complexity index is 1620. The Kier molecular flexibility index (Phi) is 6.94. The van der Waals surface area contributed by atoms with Gasteiger partial charge in [0.05, 0.1) is 51.9 Å². The molecule has 1 aliphatic rings. The molecule has 0 saturated heterocycles. The summed E-state index contributed by atoms with van der Waals surface area (Å²) in [6, 6.07) is 13.6. The Balaban J connectivity index is 1.63. The SMILES string of the molecule is COc1cc([C@@H]2C(C#N)=C(N)Oc3n[nH]c(-c4cc(OC)c(OC)c(OC)c4)c32)ccc1OC(=O)c1ccco1. The average Bonchev–Trinajstić information content (AvgIpc) is 3.66. The molecule has 0 fully saturated rings. The van der Waals surface area contributed by atoms with E-state index in [2.05, 4.69) is 16.3 Å². The van der Waals surface area contributed by atoms with Gasteiger partial charge in [0, 0.05) is 5.56 Å². The third kappa shape index (κ3) is 4.39. The molecule has 204 valence electrons. The highest BCUT2D eigenvalue weighted by molar-refractivity contribution is 5.88. The molecule has 0 bridgehead atoms. The van der Waals surface area contributed by atoms with Crippen LogP contribution in [0.15, 0.2) is 64.6 Å². The van der Waals surface area contributed by atoms with Crippen molar-refractivity contribution in [3.63, 3.8) is 0 Å². The zero-order chi connectivity index (χ0) is 28.4. The quantitative estimate of drug-likeness (QED) is 0.242. The minimum absolute atomic E-state index is 0.0380. The lowest BCUT2D eigenvalue weighted by Crippen LogP contribution is -2.21. The van der Waals surface area contributed by atoms with E-state index in [0.29, 0.717) is 39.6 Å². The summed E-state index contributed by atoms with van der Waals surface area (Å²) in [7, 11) is 5.98. The van der Waals surface area contributed by atoms with Gasteiger partial charge in [-0.25, -0.2) is 4.79 Å². The molecule has 1 aliphatic heterocycles. The van der Waals surface area contributed by atoms with Crippen molar-refractivity contribution < 1.29 is 37.6 Å². The second kappa shape index (κ2) is 10.7. The number of carbonyl (C=O) groups is 1. The summed E-state index contributed by atoms with van der Waals surface area (Å²) in [5.41, 5.74) is 8.61. The van der Waals surface area contributed by atoms with E-state index in [1.807, 2.05) is 0 Å². The highest BCUT2D eigenvalue weighted by atomic mass is 16.6. The van der Waals surface area contributed by atoms with E-state index in [9.17, 15) is 10.1 Å². The van der Waals surface area contributed by atoms with Crippen LogP contribution in [-0.2, 0) is 0 Å². The number of aromatic nitrogens is 2. The summed E-state index contributed by atoms with van der Waals surface area (Å²) in [6.07, 6.45) is 1.37. The monoisotopic (exact) mass is 544 g/mol. The molecule has 0 aliphatic carbocycles. The molecule has 3 N–H and O–H groups in total. The average molecular weight is 545 g/mol. The van der Waals surface area contributed by atoms with Crippen molar-refractivity contribution in [1.82, 2.24) is 10.2 Å². The molecule has 2 aromatic heterocycles. The van der Waals surface area contributed by atoms with E-state index in [1.165, 1.54) is 40.8 Å². The molecular weight excluding hydrogens is 520 g/mol. The van der Waals surface area contributed by atoms with E-state index in [4.69, 9.17) is 38.6 Å². The predicted molar refractivity (Wildman–Crippen MR) is 140 cm³/mol. The van der Waals surface area contributed by atoms with Gasteiger partial charge in [0.15, 0.2) is 23.0 Å². The van der Waals surface area contributed by atoms with Gasteiger partial charge in [-0.15, -0.1) is 5.10 Å². The van der Waals surface area contributed by atoms with Crippen LogP contribution in [-0.4, -0.2) is 44.6 Å². The number of nitrogens with one attached hydrogen (secondary N) is 1. The molecule has 12 nitrogen and oxygen atoms in total. The summed E-state index contributed by atoms with van der Waals surface area (Å²) < 4.78 is 38.3. The number of carbonyl (C=O) groups excluding carboxylic acids is 1. The molecule has 40 heavy (non-hydrogen) atoms. The third-order valence-corrected chi connectivity index (χ3v) is 6.34. The molecule has 0 saturated carbocycles. The number of allylic oxidation sites excluding steroid dienone is 1. The first kappa shape index (κ1) is 26.1. The van der Waals surface area contributed by atoms with Gasteiger partial charge in [0.1, 0.15) is 11.6 Å². The van der Waals surface area contributed by atoms with Crippen molar-refractivity contribution in [1.29, 1.82) is 5.26 Å². The van der Waals surface area contributed by atoms with Crippen LogP contribution in [0.3, 0.4) is 0 Å². The number of furan rings is 1. The number of nitrogens with two attached hydrogens (primary N) is 1. The summed E-state index contributed by atoms with van der Waals surface area (Å²) >= 11 is 0. The number of fused-ring (bicyclic) bond motifs is 1. The maximum absolute atomic E-state index is 12.5. The highest BCUT2D eigenvalue weighted by Crippen LogP contribution is 2.49. The Morgan fingerprint density at radius 3 is 2.33 bits per heavy atom. The normalized spacial score (nSPS) is 14.0. The number of benzene rings is 2. The number of nitriles is 1. The molecule has 12 heteroatoms. The largest absolute Gasteiger partial charge is 0.493 e. The van der Waals surface area contributed by atoms with Gasteiger partial charge in [-0.3, -0.25) is 5.10 Å². The first-order valence-corrected chi connectivity index (χ1v) is 11.8. The Morgan fingerprint density at radius 1 is 1.00 bits per heavy atom. The van der Waals surface area contributed by atoms with Crippen LogP contribution in [0.1, 0.15) is 27.6 Å². The van der Waals surface area contributed by atoms with Crippen LogP contribution in [0.4, 0.5) is 0 Å². The topological polar surface area (TPSA) is 164 Å². The van der Waals surface area contributed by atoms with E-state index in [0.717, 1.165) is 0 Å². The van der Waals surface area contributed by atoms with Gasteiger partial charge in [-0.2, -0.15) is 5.26 Å². The first-order chi connectivity index (χ1) is 19.4. The van der Waals surface area contributed by atoms with Crippen LogP contribution in [0, 0.1) is 11.3 Å². The number of hydrogen-bond acceptors (Lipinski definition) is 11. The minimum Gasteiger partial charge on any atom is -0.493 e. The van der Waals surface area contributed by atoms with Crippen molar-refractivity contribution >= 4 is 5.97 Å². The lowest BCUT2D eigenvalue weighted by molar-refractivity contribution is 0.0696. The fraction of sp³-hybridized carbons (Fsp3) is 0.179. The number of methoxy groups -OCH3 is 4. The number of H-pyrrole nitrogens is 1. The summed E-state index contributed by atoms with van der Waals surface area (Å²) in [4.78, 5) is 12.5. The zero-order valence-electron chi connectivity index (χ0n) is 21.9. The standard InChI is InChI=1S/C28H24N4O8/c1-34-19-10-14(7-8-17(19)39-28(33)18-6-5-9-38-18)22-16(13-29)26(30)40-27-23(22)24(31-32-27)15-11-20(35-2)25(37-4)21(12-15)36-3/h5-12,22H,30H2,1-4H3,(H,31,32)/t22-/m1/s1. The summed E-state index contributed by atoms with van der Waals surface area (Å²) in [5, 5.41) is 17.4. The van der Waals surface area contributed by atoms with E-state index in [1.54, 1.807) is 36.4 Å². The van der Waals surface area contributed by atoms with E-state index < -0.39 is 11.9 Å². The van der Waals surface area contributed by atoms with Gasteiger partial charge < -0.3 is 38.6 Å². The molecule has 0 spiro atoms. The van der Waals surface area contributed by atoms with Crippen LogP contribution in [0.5, 0.6) is 34.6 Å². The number of aromatic amines is 1. The highest BCUT2D eigenvalue weighted by Gasteiger charge is 2.36. The minimum atomic E-state index is -0.717. The molecule has 2 aromatic carbocycles. The number of esters is 1. The van der Waals surface area contributed by atoms with E-state index in [-0.39, 0.29) is 34.6 Å². The van der Waals surface area contributed by atoms with Crippen molar-refractivity contribution in [3.05, 3.63) is 77.1 Å². The van der Waals surface area contributed by atoms with Crippen molar-refractivity contribution in [2.75, 3.05) is 28.4 Å². The summed E-state index contributed by atoms with van der Waals surface area (Å²) in [5.74, 6) is 0.412. The molecule has 4 aromatic rings. The van der Waals surface area contributed by atoms with Crippen LogP contribution in [0.2, 0.25) is 0 Å². The smallest absolute Gasteiger partial charge is 0.379 e. The predicted octanol–water partition coefficient (Wildman–Crippen LogP) is 4.14. The third-order valence-electron chi connectivity index (χ3n) is 6.34. The van der Waals surface area contributed by atoms with Crippen molar-refractivity contribution in [2.45, 2.75) is 5.92 Å². The molecule has 5 rings (SSSR count). The lowest BCUT2D eigenvalue weighted by Gasteiger charge is -2.25. The number of rotatable bonds is 8. The van der Waals surface area contributed by atoms with Gasteiger partial charge in [0.2, 0.25) is 23.3 Å². The van der Waals surface area contributed by atoms with Crippen molar-refractivity contribution in [2.24, 2.45) is 5.73 Å². The fourth-order valence-corrected chi connectivity index (χ4v) is 4.52. The number of nitrogens with zero attached hydrogens (tertiary/aromatic N) is 2. The fourth-order valence-electron chi connectivity index (χ4n) is 4.52. The number of hydrogen-bond donors (Lipinski definition) is 2. The van der Waals surface area contributed by atoms with E-state index >= 15 is 0 Å². The van der Waals surface area contributed by atoms with Crippen LogP contribution >= 0.6 is 0 Å². The molecule has 0 unspecified atom stereocenters. The maximum Gasteiger partial charge on any atom is 0.379 e.